The average molecular weight is 468 g/mol. The molecule has 0 spiro atoms. The van der Waals surface area contributed by atoms with Crippen LogP contribution in [0.2, 0.25) is 0 Å². The molecule has 1 saturated heterocycles. The Kier molecular flexibility index (Phi) is 6.90. The van der Waals surface area contributed by atoms with Gasteiger partial charge < -0.3 is 24.4 Å². The first-order chi connectivity index (χ1) is 16.4. The molecular weight excluding hydrogens is 438 g/mol. The second-order valence-corrected chi connectivity index (χ2v) is 8.33. The van der Waals surface area contributed by atoms with Crippen molar-refractivity contribution in [1.82, 2.24) is 4.90 Å². The highest BCUT2D eigenvalue weighted by Gasteiger charge is 2.34. The van der Waals surface area contributed by atoms with E-state index in [1.807, 2.05) is 0 Å². The standard InChI is InChI=1S/C25H29N3O6/c1-16-25(31)28(15-23(29)27-11-5-4-6-12-27)19-14-18(8-10-20(19)34-16)26-24(30)17-7-9-21(32-2)22(13-17)33-3/h7-10,13-14,16H,4-6,11-12,15H2,1-3H3,(H,26,30). The Bertz CT molecular complexity index is 1100. The van der Waals surface area contributed by atoms with Crippen LogP contribution in [0.3, 0.4) is 0 Å². The maximum atomic E-state index is 12.9. The summed E-state index contributed by atoms with van der Waals surface area (Å²) in [5, 5.41) is 2.84. The molecule has 0 saturated carbocycles. The molecule has 0 aromatic heterocycles. The molecule has 9 heteroatoms. The molecule has 3 amide bonds. The normalized spacial score (nSPS) is 17.5. The number of piperidine rings is 1. The summed E-state index contributed by atoms with van der Waals surface area (Å²) in [5.41, 5.74) is 1.31. The lowest BCUT2D eigenvalue weighted by molar-refractivity contribution is -0.133. The van der Waals surface area contributed by atoms with E-state index in [0.717, 1.165) is 19.3 Å². The van der Waals surface area contributed by atoms with E-state index in [-0.39, 0.29) is 24.3 Å². The van der Waals surface area contributed by atoms with Gasteiger partial charge in [-0.05, 0) is 62.6 Å². The largest absolute Gasteiger partial charge is 0.493 e. The fourth-order valence-corrected chi connectivity index (χ4v) is 4.21. The lowest BCUT2D eigenvalue weighted by Crippen LogP contribution is -2.50. The lowest BCUT2D eigenvalue weighted by atomic mass is 10.1. The Morgan fingerprint density at radius 1 is 1.03 bits per heavy atom. The van der Waals surface area contributed by atoms with Crippen molar-refractivity contribution in [3.63, 3.8) is 0 Å². The number of nitrogens with one attached hydrogen (secondary N) is 1. The van der Waals surface area contributed by atoms with Gasteiger partial charge in [-0.3, -0.25) is 19.3 Å². The first-order valence-electron chi connectivity index (χ1n) is 11.3. The van der Waals surface area contributed by atoms with E-state index >= 15 is 0 Å². The average Bonchev–Trinajstić information content (AvgIpc) is 2.87. The number of anilines is 2. The van der Waals surface area contributed by atoms with Crippen LogP contribution < -0.4 is 24.4 Å². The quantitative estimate of drug-likeness (QED) is 0.701. The van der Waals surface area contributed by atoms with E-state index in [9.17, 15) is 14.4 Å². The van der Waals surface area contributed by atoms with E-state index in [1.54, 1.807) is 48.2 Å². The zero-order chi connectivity index (χ0) is 24.2. The molecule has 2 aromatic carbocycles. The van der Waals surface area contributed by atoms with Crippen molar-refractivity contribution in [1.29, 1.82) is 0 Å². The zero-order valence-electron chi connectivity index (χ0n) is 19.6. The minimum Gasteiger partial charge on any atom is -0.493 e. The minimum atomic E-state index is -0.700. The SMILES string of the molecule is COc1ccc(C(=O)Nc2ccc3c(c2)N(CC(=O)N2CCCCC2)C(=O)C(C)O3)cc1OC. The van der Waals surface area contributed by atoms with Gasteiger partial charge in [-0.15, -0.1) is 0 Å². The topological polar surface area (TPSA) is 97.4 Å². The Labute approximate surface area is 198 Å². The molecule has 1 N–H and O–H groups in total. The molecule has 2 aliphatic rings. The molecule has 2 heterocycles. The van der Waals surface area contributed by atoms with Crippen LogP contribution in [0.1, 0.15) is 36.5 Å². The maximum Gasteiger partial charge on any atom is 0.268 e. The molecule has 1 atom stereocenters. The number of hydrogen-bond acceptors (Lipinski definition) is 6. The number of fused-ring (bicyclic) bond motifs is 1. The highest BCUT2D eigenvalue weighted by Crippen LogP contribution is 2.37. The molecule has 1 fully saturated rings. The zero-order valence-corrected chi connectivity index (χ0v) is 19.6. The second kappa shape index (κ2) is 10.0. The van der Waals surface area contributed by atoms with E-state index in [2.05, 4.69) is 5.32 Å². The van der Waals surface area contributed by atoms with Gasteiger partial charge in [0, 0.05) is 24.3 Å². The molecule has 9 nitrogen and oxygen atoms in total. The maximum absolute atomic E-state index is 12.9. The fourth-order valence-electron chi connectivity index (χ4n) is 4.21. The molecule has 2 aliphatic heterocycles. The van der Waals surface area contributed by atoms with Crippen molar-refractivity contribution in [3.05, 3.63) is 42.0 Å². The molecular formula is C25H29N3O6. The Morgan fingerprint density at radius 3 is 2.47 bits per heavy atom. The van der Waals surface area contributed by atoms with Crippen LogP contribution in [0, 0.1) is 0 Å². The van der Waals surface area contributed by atoms with Gasteiger partial charge in [0.15, 0.2) is 17.6 Å². The van der Waals surface area contributed by atoms with Crippen molar-refractivity contribution in [2.45, 2.75) is 32.3 Å². The summed E-state index contributed by atoms with van der Waals surface area (Å²) in [6.45, 7) is 3.02. The Balaban J connectivity index is 1.56. The van der Waals surface area contributed by atoms with Gasteiger partial charge in [0.2, 0.25) is 5.91 Å². The first-order valence-corrected chi connectivity index (χ1v) is 11.3. The highest BCUT2D eigenvalue weighted by atomic mass is 16.5. The fraction of sp³-hybridized carbons (Fsp3) is 0.400. The summed E-state index contributed by atoms with van der Waals surface area (Å²) < 4.78 is 16.2. The number of carbonyl (C=O) groups excluding carboxylic acids is 3. The van der Waals surface area contributed by atoms with E-state index in [4.69, 9.17) is 14.2 Å². The van der Waals surface area contributed by atoms with Gasteiger partial charge >= 0.3 is 0 Å². The number of carbonyl (C=O) groups is 3. The number of amides is 3. The minimum absolute atomic E-state index is 0.0629. The van der Waals surface area contributed by atoms with Crippen LogP contribution in [-0.4, -0.2) is 62.6 Å². The number of rotatable bonds is 6. The van der Waals surface area contributed by atoms with Crippen LogP contribution in [0.4, 0.5) is 11.4 Å². The van der Waals surface area contributed by atoms with Crippen LogP contribution in [-0.2, 0) is 9.59 Å². The number of methoxy groups -OCH3 is 2. The summed E-state index contributed by atoms with van der Waals surface area (Å²) in [4.78, 5) is 41.9. The van der Waals surface area contributed by atoms with Crippen LogP contribution in [0.15, 0.2) is 36.4 Å². The summed E-state index contributed by atoms with van der Waals surface area (Å²) >= 11 is 0. The second-order valence-electron chi connectivity index (χ2n) is 8.33. The third-order valence-corrected chi connectivity index (χ3v) is 6.07. The first kappa shape index (κ1) is 23.4. The number of likely N-dealkylation sites (tertiary alicyclic amines) is 1. The number of benzene rings is 2. The van der Waals surface area contributed by atoms with Crippen molar-refractivity contribution in [3.8, 4) is 17.2 Å². The number of nitrogens with zero attached hydrogens (tertiary/aromatic N) is 2. The third-order valence-electron chi connectivity index (χ3n) is 6.07. The molecule has 2 aromatic rings. The van der Waals surface area contributed by atoms with Gasteiger partial charge in [0.05, 0.1) is 19.9 Å². The molecule has 180 valence electrons. The van der Waals surface area contributed by atoms with Gasteiger partial charge in [-0.1, -0.05) is 0 Å². The molecule has 0 aliphatic carbocycles. The monoisotopic (exact) mass is 467 g/mol. The van der Waals surface area contributed by atoms with E-state index in [0.29, 0.717) is 47.3 Å². The summed E-state index contributed by atoms with van der Waals surface area (Å²) in [5.74, 6) is 0.715. The third kappa shape index (κ3) is 4.78. The number of ether oxygens (including phenoxy) is 3. The van der Waals surface area contributed by atoms with Gasteiger partial charge in [0.1, 0.15) is 12.3 Å². The molecule has 34 heavy (non-hydrogen) atoms. The smallest absolute Gasteiger partial charge is 0.268 e. The molecule has 0 radical (unpaired) electrons. The predicted octanol–water partition coefficient (Wildman–Crippen LogP) is 3.08. The molecule has 4 rings (SSSR count). The van der Waals surface area contributed by atoms with Gasteiger partial charge in [-0.2, -0.15) is 0 Å². The van der Waals surface area contributed by atoms with Crippen LogP contribution >= 0.6 is 0 Å². The van der Waals surface area contributed by atoms with Crippen molar-refractivity contribution in [2.75, 3.05) is 44.1 Å². The molecule has 0 bridgehead atoms. The van der Waals surface area contributed by atoms with Gasteiger partial charge in [-0.25, -0.2) is 0 Å². The van der Waals surface area contributed by atoms with Crippen molar-refractivity contribution < 1.29 is 28.6 Å². The molecule has 1 unspecified atom stereocenters. The Morgan fingerprint density at radius 2 is 1.76 bits per heavy atom. The summed E-state index contributed by atoms with van der Waals surface area (Å²) in [6, 6.07) is 9.92. The lowest BCUT2D eigenvalue weighted by Gasteiger charge is -2.35. The number of hydrogen-bond donors (Lipinski definition) is 1. The van der Waals surface area contributed by atoms with Crippen molar-refractivity contribution >= 4 is 29.1 Å². The van der Waals surface area contributed by atoms with Crippen LogP contribution in [0.5, 0.6) is 17.2 Å². The summed E-state index contributed by atoms with van der Waals surface area (Å²) in [6.07, 6.45) is 2.36. The summed E-state index contributed by atoms with van der Waals surface area (Å²) in [7, 11) is 3.03. The van der Waals surface area contributed by atoms with Gasteiger partial charge in [0.25, 0.3) is 11.8 Å². The highest BCUT2D eigenvalue weighted by molar-refractivity contribution is 6.07. The predicted molar refractivity (Wildman–Crippen MR) is 127 cm³/mol. The van der Waals surface area contributed by atoms with Crippen LogP contribution in [0.25, 0.3) is 0 Å². The Hall–Kier alpha value is -3.75. The van der Waals surface area contributed by atoms with E-state index in [1.165, 1.54) is 19.1 Å². The van der Waals surface area contributed by atoms with E-state index < -0.39 is 6.10 Å². The van der Waals surface area contributed by atoms with Crippen molar-refractivity contribution in [2.24, 2.45) is 0 Å².